The first-order chi connectivity index (χ1) is 13.0. The first-order valence-corrected chi connectivity index (χ1v) is 11.1. The molecule has 164 valence electrons. The fourth-order valence-corrected chi connectivity index (χ4v) is 1.84. The van der Waals surface area contributed by atoms with Gasteiger partial charge < -0.3 is 24.6 Å². The molecular formula is C19H35NO7S. The maximum atomic E-state index is 9.80. The van der Waals surface area contributed by atoms with Crippen LogP contribution in [0, 0.1) is 0 Å². The van der Waals surface area contributed by atoms with Crippen molar-refractivity contribution in [2.24, 2.45) is 0 Å². The first-order valence-electron chi connectivity index (χ1n) is 9.22. The van der Waals surface area contributed by atoms with Crippen LogP contribution < -0.4 is 10.1 Å². The van der Waals surface area contributed by atoms with Gasteiger partial charge in [0.1, 0.15) is 18.5 Å². The van der Waals surface area contributed by atoms with Crippen molar-refractivity contribution in [1.29, 1.82) is 0 Å². The third kappa shape index (κ3) is 19.5. The molecule has 3 N–H and O–H groups in total. The Morgan fingerprint density at radius 2 is 1.64 bits per heavy atom. The molecule has 1 atom stereocenters. The van der Waals surface area contributed by atoms with E-state index in [2.05, 4.69) is 5.32 Å². The Morgan fingerprint density at radius 1 is 1.07 bits per heavy atom. The smallest absolute Gasteiger partial charge is 0.261 e. The van der Waals surface area contributed by atoms with Crippen molar-refractivity contribution >= 4 is 10.1 Å². The third-order valence-corrected chi connectivity index (χ3v) is 3.08. The second-order valence-corrected chi connectivity index (χ2v) is 8.34. The van der Waals surface area contributed by atoms with Crippen molar-refractivity contribution in [1.82, 2.24) is 5.32 Å². The van der Waals surface area contributed by atoms with E-state index in [1.807, 2.05) is 52.0 Å². The van der Waals surface area contributed by atoms with Crippen LogP contribution in [0.1, 0.15) is 33.3 Å². The summed E-state index contributed by atoms with van der Waals surface area (Å²) in [6.07, 6.45) is 0.440. The molecule has 0 aliphatic rings. The van der Waals surface area contributed by atoms with Crippen LogP contribution in [0.25, 0.3) is 0 Å². The lowest BCUT2D eigenvalue weighted by Crippen LogP contribution is -2.35. The summed E-state index contributed by atoms with van der Waals surface area (Å²) in [6.45, 7) is 10.7. The van der Waals surface area contributed by atoms with E-state index >= 15 is 0 Å². The molecule has 0 aromatic heterocycles. The van der Waals surface area contributed by atoms with Gasteiger partial charge in [-0.1, -0.05) is 26.0 Å². The Kier molecular flexibility index (Phi) is 14.1. The zero-order chi connectivity index (χ0) is 21.6. The molecule has 0 radical (unpaired) electrons. The highest BCUT2D eigenvalue weighted by Gasteiger charge is 2.06. The number of benzene rings is 1. The van der Waals surface area contributed by atoms with E-state index in [4.69, 9.17) is 18.8 Å². The third-order valence-electron chi connectivity index (χ3n) is 3.08. The minimum Gasteiger partial charge on any atom is -0.491 e. The predicted octanol–water partition coefficient (Wildman–Crippen LogP) is 1.87. The lowest BCUT2D eigenvalue weighted by Gasteiger charge is -2.15. The molecule has 9 heteroatoms. The van der Waals surface area contributed by atoms with Gasteiger partial charge in [0.15, 0.2) is 0 Å². The van der Waals surface area contributed by atoms with Crippen molar-refractivity contribution in [2.45, 2.75) is 52.6 Å². The highest BCUT2D eigenvalue weighted by atomic mass is 32.2. The van der Waals surface area contributed by atoms with Gasteiger partial charge in [-0.3, -0.25) is 4.55 Å². The molecule has 0 aliphatic carbocycles. The molecule has 1 unspecified atom stereocenters. The summed E-state index contributed by atoms with van der Waals surface area (Å²) in [6, 6.07) is 8.09. The van der Waals surface area contributed by atoms with Gasteiger partial charge in [0, 0.05) is 12.6 Å². The minimum absolute atomic E-state index is 0.237. The molecule has 1 rings (SSSR count). The predicted molar refractivity (Wildman–Crippen MR) is 109 cm³/mol. The molecule has 8 nitrogen and oxygen atoms in total. The molecule has 0 heterocycles. The van der Waals surface area contributed by atoms with Crippen LogP contribution in [0.3, 0.4) is 0 Å². The van der Waals surface area contributed by atoms with Crippen LogP contribution in [0.4, 0.5) is 0 Å². The molecule has 1 aromatic carbocycles. The second kappa shape index (κ2) is 14.7. The van der Waals surface area contributed by atoms with Crippen molar-refractivity contribution in [3.63, 3.8) is 0 Å². The van der Waals surface area contributed by atoms with Gasteiger partial charge in [-0.2, -0.15) is 8.42 Å². The lowest BCUT2D eigenvalue weighted by molar-refractivity contribution is 0.0143. The van der Waals surface area contributed by atoms with Gasteiger partial charge in [0.2, 0.25) is 0 Å². The van der Waals surface area contributed by atoms with Gasteiger partial charge in [0.05, 0.1) is 32.2 Å². The molecule has 0 saturated carbocycles. The van der Waals surface area contributed by atoms with Gasteiger partial charge in [0.25, 0.3) is 10.1 Å². The quantitative estimate of drug-likeness (QED) is 0.346. The van der Waals surface area contributed by atoms with Gasteiger partial charge in [-0.15, -0.1) is 0 Å². The highest BCUT2D eigenvalue weighted by Crippen LogP contribution is 2.13. The maximum Gasteiger partial charge on any atom is 0.261 e. The lowest BCUT2D eigenvalue weighted by atomic mass is 10.2. The summed E-state index contributed by atoms with van der Waals surface area (Å²) >= 11 is 0. The summed E-state index contributed by atoms with van der Waals surface area (Å²) < 4.78 is 42.4. The Hall–Kier alpha value is -1.23. The largest absolute Gasteiger partial charge is 0.491 e. The number of nitrogens with one attached hydrogen (secondary N) is 1. The number of ether oxygens (including phenoxy) is 3. The number of rotatable bonds is 12. The first kappa shape index (κ1) is 26.8. The Balaban J connectivity index is 0.00000129. The SMILES string of the molecule is CC(C)NCC(O)COc1ccc(COCCOC(C)C)cc1.CS(=O)(=O)O. The summed E-state index contributed by atoms with van der Waals surface area (Å²) in [5.74, 6) is 0.750. The average molecular weight is 422 g/mol. The Morgan fingerprint density at radius 3 is 2.14 bits per heavy atom. The van der Waals surface area contributed by atoms with Crippen LogP contribution in [-0.4, -0.2) is 68.9 Å². The van der Waals surface area contributed by atoms with Crippen molar-refractivity contribution in [3.05, 3.63) is 29.8 Å². The molecular weight excluding hydrogens is 386 g/mol. The molecule has 0 bridgehead atoms. The van der Waals surface area contributed by atoms with Crippen molar-refractivity contribution in [3.8, 4) is 5.75 Å². The van der Waals surface area contributed by atoms with Gasteiger partial charge in [-0.05, 0) is 31.5 Å². The maximum absolute atomic E-state index is 9.80. The van der Waals surface area contributed by atoms with Crippen molar-refractivity contribution in [2.75, 3.05) is 32.6 Å². The van der Waals surface area contributed by atoms with E-state index in [9.17, 15) is 13.5 Å². The molecule has 0 amide bonds. The van der Waals surface area contributed by atoms with E-state index < -0.39 is 16.2 Å². The molecule has 0 fully saturated rings. The van der Waals surface area contributed by atoms with Gasteiger partial charge >= 0.3 is 0 Å². The summed E-state index contributed by atoms with van der Waals surface area (Å²) in [5.41, 5.74) is 1.09. The summed E-state index contributed by atoms with van der Waals surface area (Å²) in [5, 5.41) is 13.0. The monoisotopic (exact) mass is 421 g/mol. The minimum atomic E-state index is -3.67. The molecule has 0 aliphatic heterocycles. The highest BCUT2D eigenvalue weighted by molar-refractivity contribution is 7.85. The Labute approximate surface area is 168 Å². The molecule has 1 aromatic rings. The number of hydrogen-bond acceptors (Lipinski definition) is 7. The molecule has 0 saturated heterocycles. The fraction of sp³-hybridized carbons (Fsp3) is 0.684. The molecule has 0 spiro atoms. The van der Waals surface area contributed by atoms with E-state index in [-0.39, 0.29) is 12.7 Å². The van der Waals surface area contributed by atoms with Gasteiger partial charge in [-0.25, -0.2) is 0 Å². The fourth-order valence-electron chi connectivity index (χ4n) is 1.84. The number of aliphatic hydroxyl groups excluding tert-OH is 1. The van der Waals surface area contributed by atoms with E-state index in [1.165, 1.54) is 0 Å². The summed E-state index contributed by atoms with van der Waals surface area (Å²) in [7, 11) is -3.67. The van der Waals surface area contributed by atoms with E-state index in [0.717, 1.165) is 11.3 Å². The standard InChI is InChI=1S/C18H31NO4.CH4O3S/c1-14(2)19-11-17(20)13-23-18-7-5-16(6-8-18)12-21-9-10-22-15(3)4;1-5(2,3)4/h5-8,14-15,17,19-20H,9-13H2,1-4H3;1H3,(H,2,3,4). The van der Waals surface area contributed by atoms with E-state index in [0.29, 0.717) is 38.7 Å². The van der Waals surface area contributed by atoms with Crippen LogP contribution in [0.15, 0.2) is 24.3 Å². The molecule has 28 heavy (non-hydrogen) atoms. The number of aliphatic hydroxyl groups is 1. The van der Waals surface area contributed by atoms with Crippen LogP contribution in [-0.2, 0) is 26.2 Å². The topological polar surface area (TPSA) is 114 Å². The van der Waals surface area contributed by atoms with Crippen LogP contribution >= 0.6 is 0 Å². The zero-order valence-corrected chi connectivity index (χ0v) is 18.2. The number of hydrogen-bond donors (Lipinski definition) is 3. The second-order valence-electron chi connectivity index (χ2n) is 6.88. The van der Waals surface area contributed by atoms with E-state index in [1.54, 1.807) is 0 Å². The summed E-state index contributed by atoms with van der Waals surface area (Å²) in [4.78, 5) is 0. The van der Waals surface area contributed by atoms with Crippen LogP contribution in [0.5, 0.6) is 5.75 Å². The Bertz CT molecular complexity index is 595. The van der Waals surface area contributed by atoms with Crippen molar-refractivity contribution < 1.29 is 32.3 Å². The van der Waals surface area contributed by atoms with Crippen LogP contribution in [0.2, 0.25) is 0 Å². The normalized spacial score (nSPS) is 12.6. The average Bonchev–Trinajstić information content (AvgIpc) is 2.57. The zero-order valence-electron chi connectivity index (χ0n) is 17.4.